The Morgan fingerprint density at radius 1 is 1.14 bits per heavy atom. The van der Waals surface area contributed by atoms with Crippen molar-refractivity contribution in [2.45, 2.75) is 39.9 Å². The van der Waals surface area contributed by atoms with Crippen molar-refractivity contribution in [3.8, 4) is 22.8 Å². The van der Waals surface area contributed by atoms with E-state index in [1.165, 1.54) is 17.1 Å². The molecule has 0 saturated heterocycles. The van der Waals surface area contributed by atoms with Crippen molar-refractivity contribution in [2.75, 3.05) is 0 Å². The summed E-state index contributed by atoms with van der Waals surface area (Å²) in [5.41, 5.74) is 1.10. The molecule has 11 heteroatoms. The van der Waals surface area contributed by atoms with E-state index in [9.17, 15) is 14.3 Å². The number of hydrogen-bond acceptors (Lipinski definition) is 8. The monoisotopic (exact) mass is 496 g/mol. The van der Waals surface area contributed by atoms with Gasteiger partial charge in [-0.25, -0.2) is 24.3 Å². The summed E-state index contributed by atoms with van der Waals surface area (Å²) >= 11 is 6.36. The van der Waals surface area contributed by atoms with E-state index in [2.05, 4.69) is 24.9 Å². The van der Waals surface area contributed by atoms with Crippen LogP contribution in [0, 0.1) is 19.7 Å². The van der Waals surface area contributed by atoms with Gasteiger partial charge in [0, 0.05) is 24.2 Å². The Kier molecular flexibility index (Phi) is 6.60. The molecule has 0 fully saturated rings. The van der Waals surface area contributed by atoms with Gasteiger partial charge in [-0.05, 0) is 45.4 Å². The lowest BCUT2D eigenvalue weighted by Gasteiger charge is -2.17. The maximum absolute atomic E-state index is 13.8. The Morgan fingerprint density at radius 3 is 2.63 bits per heavy atom. The molecule has 1 N–H and O–H groups in total. The number of halogens is 2. The number of aromatic nitrogens is 6. The van der Waals surface area contributed by atoms with Gasteiger partial charge in [0.05, 0.1) is 23.3 Å². The molecule has 35 heavy (non-hydrogen) atoms. The van der Waals surface area contributed by atoms with Gasteiger partial charge in [-0.15, -0.1) is 0 Å². The molecule has 0 aromatic carbocycles. The average molecular weight is 497 g/mol. The fourth-order valence-electron chi connectivity index (χ4n) is 3.37. The highest BCUT2D eigenvalue weighted by Crippen LogP contribution is 2.27. The van der Waals surface area contributed by atoms with Crippen LogP contribution in [0.3, 0.4) is 0 Å². The third-order valence-corrected chi connectivity index (χ3v) is 5.54. The first-order valence-electron chi connectivity index (χ1n) is 10.6. The lowest BCUT2D eigenvalue weighted by Crippen LogP contribution is -2.23. The highest BCUT2D eigenvalue weighted by atomic mass is 35.5. The summed E-state index contributed by atoms with van der Waals surface area (Å²) in [6.45, 7) is 6.51. The normalized spacial score (nSPS) is 11.5. The van der Waals surface area contributed by atoms with Crippen LogP contribution in [0.5, 0.6) is 5.75 Å². The third-order valence-electron chi connectivity index (χ3n) is 5.19. The van der Waals surface area contributed by atoms with Gasteiger partial charge in [0.1, 0.15) is 35.0 Å². The first-order chi connectivity index (χ1) is 16.6. The molecular weight excluding hydrogens is 475 g/mol. The predicted molar refractivity (Wildman–Crippen MR) is 127 cm³/mol. The second-order valence-corrected chi connectivity index (χ2v) is 8.77. The zero-order valence-corrected chi connectivity index (χ0v) is 20.2. The van der Waals surface area contributed by atoms with Crippen molar-refractivity contribution < 1.29 is 14.2 Å². The summed E-state index contributed by atoms with van der Waals surface area (Å²) in [6.07, 6.45) is 5.40. The quantitative estimate of drug-likeness (QED) is 0.429. The van der Waals surface area contributed by atoms with Crippen molar-refractivity contribution in [3.05, 3.63) is 87.1 Å². The molecular formula is C24H22ClFN6O3. The van der Waals surface area contributed by atoms with E-state index in [-0.39, 0.29) is 28.9 Å². The van der Waals surface area contributed by atoms with Crippen LogP contribution in [0.1, 0.15) is 36.6 Å². The molecule has 4 rings (SSSR count). The van der Waals surface area contributed by atoms with Crippen LogP contribution < -0.4 is 10.3 Å². The molecule has 0 atom stereocenters. The number of rotatable bonds is 6. The first-order valence-corrected chi connectivity index (χ1v) is 11.0. The number of nitrogens with zero attached hydrogens (tertiary/aromatic N) is 6. The van der Waals surface area contributed by atoms with Crippen LogP contribution in [-0.4, -0.2) is 34.6 Å². The molecule has 0 unspecified atom stereocenters. The topological polar surface area (TPSA) is 116 Å². The van der Waals surface area contributed by atoms with Gasteiger partial charge < -0.3 is 9.84 Å². The van der Waals surface area contributed by atoms with Gasteiger partial charge in [0.25, 0.3) is 5.56 Å². The van der Waals surface area contributed by atoms with Crippen LogP contribution in [-0.2, 0) is 12.2 Å². The predicted octanol–water partition coefficient (Wildman–Crippen LogP) is 3.70. The molecule has 0 aliphatic heterocycles. The third kappa shape index (κ3) is 5.03. The standard InChI is InChI=1S/C24H22ClFN6O3/c1-13-9-29-17(16-5-6-28-23(31-16)24(3,4)34)8-19(13)32-14(2)7-20(21(25)22(32)33)35-11-18-15(26)10-27-12-30-18/h5-10,12,34H,11H2,1-4H3. The van der Waals surface area contributed by atoms with Crippen LogP contribution in [0.25, 0.3) is 17.1 Å². The van der Waals surface area contributed by atoms with Gasteiger partial charge in [0.15, 0.2) is 11.6 Å². The fraction of sp³-hybridized carbons (Fsp3) is 0.250. The van der Waals surface area contributed by atoms with E-state index in [1.807, 2.05) is 6.92 Å². The fourth-order valence-corrected chi connectivity index (χ4v) is 3.56. The van der Waals surface area contributed by atoms with E-state index in [0.29, 0.717) is 22.8 Å². The lowest BCUT2D eigenvalue weighted by molar-refractivity contribution is 0.0688. The molecule has 0 spiro atoms. The molecule has 4 aromatic heterocycles. The number of aliphatic hydroxyl groups is 1. The Bertz CT molecular complexity index is 1470. The number of pyridine rings is 2. The maximum Gasteiger partial charge on any atom is 0.277 e. The smallest absolute Gasteiger partial charge is 0.277 e. The molecule has 0 aliphatic rings. The molecule has 0 saturated carbocycles. The van der Waals surface area contributed by atoms with Gasteiger partial charge in [-0.3, -0.25) is 14.3 Å². The zero-order valence-electron chi connectivity index (χ0n) is 19.5. The van der Waals surface area contributed by atoms with Crippen molar-refractivity contribution in [1.82, 2.24) is 29.5 Å². The largest absolute Gasteiger partial charge is 0.485 e. The minimum atomic E-state index is -1.23. The summed E-state index contributed by atoms with van der Waals surface area (Å²) in [5, 5.41) is 10.1. The highest BCUT2D eigenvalue weighted by Gasteiger charge is 2.21. The minimum Gasteiger partial charge on any atom is -0.485 e. The van der Waals surface area contributed by atoms with Crippen LogP contribution >= 0.6 is 11.6 Å². The number of aryl methyl sites for hydroxylation is 2. The Balaban J connectivity index is 1.73. The molecule has 180 valence electrons. The summed E-state index contributed by atoms with van der Waals surface area (Å²) in [6, 6.07) is 4.98. The number of hydrogen-bond donors (Lipinski definition) is 1. The summed E-state index contributed by atoms with van der Waals surface area (Å²) in [5.74, 6) is -0.260. The molecule has 0 amide bonds. The van der Waals surface area contributed by atoms with E-state index in [4.69, 9.17) is 16.3 Å². The molecule has 0 radical (unpaired) electrons. The van der Waals surface area contributed by atoms with E-state index in [1.54, 1.807) is 45.2 Å². The Labute approximate surface area is 205 Å². The lowest BCUT2D eigenvalue weighted by atomic mass is 10.1. The summed E-state index contributed by atoms with van der Waals surface area (Å²) in [7, 11) is 0. The van der Waals surface area contributed by atoms with Gasteiger partial charge in [0.2, 0.25) is 0 Å². The summed E-state index contributed by atoms with van der Waals surface area (Å²) in [4.78, 5) is 33.7. The van der Waals surface area contributed by atoms with Gasteiger partial charge >= 0.3 is 0 Å². The average Bonchev–Trinajstić information content (AvgIpc) is 2.82. The van der Waals surface area contributed by atoms with E-state index < -0.39 is 17.0 Å². The van der Waals surface area contributed by atoms with Gasteiger partial charge in [-0.1, -0.05) is 11.6 Å². The van der Waals surface area contributed by atoms with Crippen LogP contribution in [0.15, 0.2) is 47.9 Å². The van der Waals surface area contributed by atoms with Crippen LogP contribution in [0.4, 0.5) is 4.39 Å². The second-order valence-electron chi connectivity index (χ2n) is 8.39. The minimum absolute atomic E-state index is 0.0443. The van der Waals surface area contributed by atoms with Gasteiger partial charge in [-0.2, -0.15) is 0 Å². The van der Waals surface area contributed by atoms with Crippen molar-refractivity contribution in [2.24, 2.45) is 0 Å². The molecule has 0 bridgehead atoms. The Hall–Kier alpha value is -3.76. The van der Waals surface area contributed by atoms with E-state index >= 15 is 0 Å². The van der Waals surface area contributed by atoms with Crippen molar-refractivity contribution >= 4 is 11.6 Å². The molecule has 4 aromatic rings. The Morgan fingerprint density at radius 2 is 1.91 bits per heavy atom. The van der Waals surface area contributed by atoms with Crippen molar-refractivity contribution in [3.63, 3.8) is 0 Å². The maximum atomic E-state index is 13.8. The molecule has 0 aliphatic carbocycles. The zero-order chi connectivity index (χ0) is 25.3. The van der Waals surface area contributed by atoms with Crippen LogP contribution in [0.2, 0.25) is 5.02 Å². The molecule has 9 nitrogen and oxygen atoms in total. The van der Waals surface area contributed by atoms with Crippen molar-refractivity contribution in [1.29, 1.82) is 0 Å². The van der Waals surface area contributed by atoms with E-state index in [0.717, 1.165) is 11.8 Å². The number of ether oxygens (including phenoxy) is 1. The second kappa shape index (κ2) is 9.47. The SMILES string of the molecule is Cc1cnc(-c2ccnc(C(C)(C)O)n2)cc1-n1c(C)cc(OCc2ncncc2F)c(Cl)c1=O. The summed E-state index contributed by atoms with van der Waals surface area (Å²) < 4.78 is 20.9. The first kappa shape index (κ1) is 24.4. The highest BCUT2D eigenvalue weighted by molar-refractivity contribution is 6.31. The molecule has 4 heterocycles.